The Balaban J connectivity index is 2.58. The molecule has 5 nitrogen and oxygen atoms in total. The van der Waals surface area contributed by atoms with Gasteiger partial charge in [0.05, 0.1) is 6.10 Å². The lowest BCUT2D eigenvalue weighted by atomic mass is 10.1. The first kappa shape index (κ1) is 17.5. The lowest BCUT2D eigenvalue weighted by Gasteiger charge is -2.19. The number of aliphatic hydroxyl groups is 1. The van der Waals surface area contributed by atoms with Crippen molar-refractivity contribution in [3.05, 3.63) is 29.8 Å². The van der Waals surface area contributed by atoms with Gasteiger partial charge in [-0.05, 0) is 25.8 Å². The largest absolute Gasteiger partial charge is 0.481 e. The molecule has 118 valence electrons. The van der Waals surface area contributed by atoms with Crippen molar-refractivity contribution < 1.29 is 19.4 Å². The Kier molecular flexibility index (Phi) is 7.79. The van der Waals surface area contributed by atoms with Gasteiger partial charge >= 0.3 is 0 Å². The third kappa shape index (κ3) is 5.73. The molecule has 0 radical (unpaired) electrons. The van der Waals surface area contributed by atoms with Crippen LogP contribution in [-0.4, -0.2) is 37.4 Å². The lowest BCUT2D eigenvalue weighted by molar-refractivity contribution is -0.127. The van der Waals surface area contributed by atoms with Crippen molar-refractivity contribution >= 4 is 5.91 Å². The topological polar surface area (TPSA) is 67.8 Å². The van der Waals surface area contributed by atoms with E-state index in [0.717, 1.165) is 6.42 Å². The van der Waals surface area contributed by atoms with Crippen LogP contribution in [0.3, 0.4) is 0 Å². The van der Waals surface area contributed by atoms with Gasteiger partial charge in [0.2, 0.25) is 0 Å². The number of methoxy groups -OCH3 is 1. The van der Waals surface area contributed by atoms with Crippen molar-refractivity contribution in [2.24, 2.45) is 0 Å². The predicted molar refractivity (Wildman–Crippen MR) is 81.3 cm³/mol. The summed E-state index contributed by atoms with van der Waals surface area (Å²) in [6.07, 6.45) is 0.161. The number of ether oxygens (including phenoxy) is 2. The summed E-state index contributed by atoms with van der Waals surface area (Å²) in [4.78, 5) is 11.9. The Labute approximate surface area is 126 Å². The van der Waals surface area contributed by atoms with E-state index in [1.807, 2.05) is 25.1 Å². The van der Waals surface area contributed by atoms with E-state index in [9.17, 15) is 9.90 Å². The van der Waals surface area contributed by atoms with Crippen LogP contribution in [-0.2, 0) is 9.53 Å². The molecule has 1 unspecified atom stereocenters. The van der Waals surface area contributed by atoms with E-state index in [4.69, 9.17) is 9.47 Å². The Hall–Kier alpha value is -1.59. The molecule has 0 fully saturated rings. The van der Waals surface area contributed by atoms with Gasteiger partial charge in [-0.25, -0.2) is 0 Å². The first-order chi connectivity index (χ1) is 10.1. The van der Waals surface area contributed by atoms with Crippen LogP contribution in [0.15, 0.2) is 24.3 Å². The molecular weight excluding hydrogens is 270 g/mol. The van der Waals surface area contributed by atoms with Gasteiger partial charge in [-0.2, -0.15) is 0 Å². The van der Waals surface area contributed by atoms with Crippen molar-refractivity contribution in [2.75, 3.05) is 20.3 Å². The molecule has 0 aliphatic rings. The highest BCUT2D eigenvalue weighted by molar-refractivity contribution is 5.80. The van der Waals surface area contributed by atoms with E-state index in [-0.39, 0.29) is 5.91 Å². The van der Waals surface area contributed by atoms with Crippen LogP contribution >= 0.6 is 0 Å². The molecule has 0 saturated heterocycles. The van der Waals surface area contributed by atoms with Gasteiger partial charge in [-0.3, -0.25) is 4.79 Å². The van der Waals surface area contributed by atoms with Gasteiger partial charge in [0, 0.05) is 25.8 Å². The van der Waals surface area contributed by atoms with Gasteiger partial charge in [0.25, 0.3) is 5.91 Å². The number of para-hydroxylation sites is 1. The SMILES string of the molecule is CC[C@@H](O)c1ccccc1OC(C)C(=O)NCCCOC. The summed E-state index contributed by atoms with van der Waals surface area (Å²) < 4.78 is 10.6. The Morgan fingerprint density at radius 2 is 2.10 bits per heavy atom. The van der Waals surface area contributed by atoms with Crippen LogP contribution in [0.5, 0.6) is 5.75 Å². The number of hydrogen-bond donors (Lipinski definition) is 2. The van der Waals surface area contributed by atoms with Crippen LogP contribution in [0.1, 0.15) is 38.4 Å². The number of hydrogen-bond acceptors (Lipinski definition) is 4. The number of nitrogens with one attached hydrogen (secondary N) is 1. The molecule has 0 saturated carbocycles. The van der Waals surface area contributed by atoms with Crippen LogP contribution in [0.25, 0.3) is 0 Å². The summed E-state index contributed by atoms with van der Waals surface area (Å²) in [5, 5.41) is 12.8. The highest BCUT2D eigenvalue weighted by Crippen LogP contribution is 2.27. The van der Waals surface area contributed by atoms with Crippen molar-refractivity contribution in [1.82, 2.24) is 5.32 Å². The average molecular weight is 295 g/mol. The highest BCUT2D eigenvalue weighted by atomic mass is 16.5. The maximum Gasteiger partial charge on any atom is 0.260 e. The van der Waals surface area contributed by atoms with Gasteiger partial charge in [0.1, 0.15) is 5.75 Å². The second kappa shape index (κ2) is 9.37. The number of amides is 1. The summed E-state index contributed by atoms with van der Waals surface area (Å²) in [5.41, 5.74) is 0.707. The van der Waals surface area contributed by atoms with Crippen LogP contribution in [0, 0.1) is 0 Å². The Morgan fingerprint density at radius 1 is 1.38 bits per heavy atom. The molecule has 0 aliphatic carbocycles. The summed E-state index contributed by atoms with van der Waals surface area (Å²) in [5.74, 6) is 0.373. The van der Waals surface area contributed by atoms with Gasteiger partial charge in [0.15, 0.2) is 6.10 Å². The maximum absolute atomic E-state index is 11.9. The molecule has 21 heavy (non-hydrogen) atoms. The average Bonchev–Trinajstić information content (AvgIpc) is 2.51. The van der Waals surface area contributed by atoms with Crippen LogP contribution in [0.4, 0.5) is 0 Å². The minimum Gasteiger partial charge on any atom is -0.481 e. The van der Waals surface area contributed by atoms with Gasteiger partial charge in [-0.15, -0.1) is 0 Å². The van der Waals surface area contributed by atoms with E-state index in [0.29, 0.717) is 30.9 Å². The zero-order valence-corrected chi connectivity index (χ0v) is 13.0. The Bertz CT molecular complexity index is 436. The zero-order chi connectivity index (χ0) is 15.7. The molecule has 5 heteroatoms. The molecule has 0 aromatic heterocycles. The number of rotatable bonds is 9. The minimum absolute atomic E-state index is 0.174. The quantitative estimate of drug-likeness (QED) is 0.684. The lowest BCUT2D eigenvalue weighted by Crippen LogP contribution is -2.37. The van der Waals surface area contributed by atoms with Crippen LogP contribution < -0.4 is 10.1 Å². The van der Waals surface area contributed by atoms with Crippen molar-refractivity contribution in [1.29, 1.82) is 0 Å². The summed E-state index contributed by atoms with van der Waals surface area (Å²) in [6, 6.07) is 7.25. The molecule has 1 aromatic carbocycles. The fraction of sp³-hybridized carbons (Fsp3) is 0.562. The maximum atomic E-state index is 11.9. The minimum atomic E-state index is -0.613. The Morgan fingerprint density at radius 3 is 2.76 bits per heavy atom. The second-order valence-corrected chi connectivity index (χ2v) is 4.86. The third-order valence-electron chi connectivity index (χ3n) is 3.16. The monoisotopic (exact) mass is 295 g/mol. The number of carbonyl (C=O) groups is 1. The van der Waals surface area contributed by atoms with E-state index in [1.165, 1.54) is 0 Å². The zero-order valence-electron chi connectivity index (χ0n) is 13.0. The first-order valence-corrected chi connectivity index (χ1v) is 7.30. The fourth-order valence-corrected chi connectivity index (χ4v) is 1.90. The van der Waals surface area contributed by atoms with Crippen LogP contribution in [0.2, 0.25) is 0 Å². The standard InChI is InChI=1S/C16H25NO4/c1-4-14(18)13-8-5-6-9-15(13)21-12(2)16(19)17-10-7-11-20-3/h5-6,8-9,12,14,18H,4,7,10-11H2,1-3H3,(H,17,19)/t12?,14-/m1/s1. The van der Waals surface area contributed by atoms with E-state index < -0.39 is 12.2 Å². The van der Waals surface area contributed by atoms with Crippen molar-refractivity contribution in [2.45, 2.75) is 38.9 Å². The normalized spacial score (nSPS) is 13.5. The van der Waals surface area contributed by atoms with E-state index in [2.05, 4.69) is 5.32 Å². The highest BCUT2D eigenvalue weighted by Gasteiger charge is 2.17. The molecule has 1 amide bonds. The molecule has 0 aliphatic heterocycles. The van der Waals surface area contributed by atoms with Gasteiger partial charge < -0.3 is 19.9 Å². The second-order valence-electron chi connectivity index (χ2n) is 4.86. The molecule has 1 aromatic rings. The van der Waals surface area contributed by atoms with Crippen molar-refractivity contribution in [3.63, 3.8) is 0 Å². The fourth-order valence-electron chi connectivity index (χ4n) is 1.90. The first-order valence-electron chi connectivity index (χ1n) is 7.30. The molecule has 0 heterocycles. The molecular formula is C16H25NO4. The third-order valence-corrected chi connectivity index (χ3v) is 3.16. The molecule has 0 bridgehead atoms. The predicted octanol–water partition coefficient (Wildman–Crippen LogP) is 2.05. The number of benzene rings is 1. The van der Waals surface area contributed by atoms with E-state index in [1.54, 1.807) is 20.1 Å². The van der Waals surface area contributed by atoms with Gasteiger partial charge in [-0.1, -0.05) is 25.1 Å². The smallest absolute Gasteiger partial charge is 0.260 e. The molecule has 2 N–H and O–H groups in total. The molecule has 0 spiro atoms. The number of aliphatic hydroxyl groups excluding tert-OH is 1. The van der Waals surface area contributed by atoms with E-state index >= 15 is 0 Å². The summed E-state index contributed by atoms with van der Waals surface area (Å²) in [6.45, 7) is 4.76. The molecule has 1 rings (SSSR count). The summed E-state index contributed by atoms with van der Waals surface area (Å²) >= 11 is 0. The van der Waals surface area contributed by atoms with Crippen molar-refractivity contribution in [3.8, 4) is 5.75 Å². The molecule has 2 atom stereocenters. The number of carbonyl (C=O) groups excluding carboxylic acids is 1. The summed E-state index contributed by atoms with van der Waals surface area (Å²) in [7, 11) is 1.63.